The lowest BCUT2D eigenvalue weighted by molar-refractivity contribution is 0.314. The molecular formula is C11H20N4. The number of guanidine groups is 1. The summed E-state index contributed by atoms with van der Waals surface area (Å²) in [6, 6.07) is 0.942. The molecule has 2 N–H and O–H groups in total. The summed E-state index contributed by atoms with van der Waals surface area (Å²) in [4.78, 5) is 7.01. The summed E-state index contributed by atoms with van der Waals surface area (Å²) in [5.41, 5.74) is 0. The fraction of sp³-hybridized carbons (Fsp3) is 0.909. The Morgan fingerprint density at radius 2 is 2.33 bits per heavy atom. The molecule has 3 rings (SSSR count). The van der Waals surface area contributed by atoms with E-state index >= 15 is 0 Å². The molecule has 2 aliphatic heterocycles. The molecule has 3 aliphatic rings. The van der Waals surface area contributed by atoms with Gasteiger partial charge in [0.25, 0.3) is 0 Å². The first-order valence-electron chi connectivity index (χ1n) is 6.18. The summed E-state index contributed by atoms with van der Waals surface area (Å²) in [6.45, 7) is 5.64. The van der Waals surface area contributed by atoms with Crippen molar-refractivity contribution in [2.75, 3.05) is 32.7 Å². The summed E-state index contributed by atoms with van der Waals surface area (Å²) in [5, 5.41) is 6.67. The van der Waals surface area contributed by atoms with Crippen LogP contribution in [0.5, 0.6) is 0 Å². The van der Waals surface area contributed by atoms with Crippen molar-refractivity contribution >= 4 is 5.96 Å². The van der Waals surface area contributed by atoms with E-state index in [4.69, 9.17) is 0 Å². The summed E-state index contributed by atoms with van der Waals surface area (Å²) in [6.07, 6.45) is 4.24. The second-order valence-corrected chi connectivity index (χ2v) is 4.92. The van der Waals surface area contributed by atoms with Crippen LogP contribution >= 0.6 is 0 Å². The molecule has 4 nitrogen and oxygen atoms in total. The molecule has 1 saturated carbocycles. The molecule has 1 unspecified atom stereocenters. The molecule has 1 atom stereocenters. The molecule has 0 aromatic heterocycles. The van der Waals surface area contributed by atoms with Crippen molar-refractivity contribution < 1.29 is 0 Å². The van der Waals surface area contributed by atoms with E-state index in [9.17, 15) is 0 Å². The van der Waals surface area contributed by atoms with Gasteiger partial charge in [0.2, 0.25) is 0 Å². The molecule has 1 aliphatic carbocycles. The van der Waals surface area contributed by atoms with E-state index in [0.29, 0.717) is 0 Å². The zero-order valence-corrected chi connectivity index (χ0v) is 9.21. The van der Waals surface area contributed by atoms with Crippen LogP contribution < -0.4 is 10.6 Å². The minimum Gasteiger partial charge on any atom is -0.356 e. The number of hydrogen-bond acceptors (Lipinski definition) is 4. The van der Waals surface area contributed by atoms with Gasteiger partial charge < -0.3 is 15.5 Å². The third-order valence-electron chi connectivity index (χ3n) is 3.61. The second-order valence-electron chi connectivity index (χ2n) is 4.92. The largest absolute Gasteiger partial charge is 0.356 e. The van der Waals surface area contributed by atoms with E-state index in [1.54, 1.807) is 0 Å². The molecule has 2 heterocycles. The van der Waals surface area contributed by atoms with Crippen molar-refractivity contribution in [3.05, 3.63) is 0 Å². The molecule has 84 valence electrons. The normalized spacial score (nSPS) is 31.5. The lowest BCUT2D eigenvalue weighted by atomic mass is 10.1. The van der Waals surface area contributed by atoms with Gasteiger partial charge in [-0.15, -0.1) is 0 Å². The quantitative estimate of drug-likeness (QED) is 0.687. The smallest absolute Gasteiger partial charge is 0.191 e. The van der Waals surface area contributed by atoms with E-state index in [-0.39, 0.29) is 0 Å². The third-order valence-corrected chi connectivity index (χ3v) is 3.61. The van der Waals surface area contributed by atoms with Crippen LogP contribution in [0.3, 0.4) is 0 Å². The molecule has 0 aromatic rings. The Morgan fingerprint density at radius 3 is 3.07 bits per heavy atom. The Balaban J connectivity index is 1.40. The fourth-order valence-corrected chi connectivity index (χ4v) is 2.56. The monoisotopic (exact) mass is 208 g/mol. The molecule has 0 amide bonds. The number of nitrogens with one attached hydrogen (secondary N) is 2. The van der Waals surface area contributed by atoms with Gasteiger partial charge in [-0.2, -0.15) is 0 Å². The summed E-state index contributed by atoms with van der Waals surface area (Å²) >= 11 is 0. The molecular weight excluding hydrogens is 188 g/mol. The summed E-state index contributed by atoms with van der Waals surface area (Å²) < 4.78 is 0. The van der Waals surface area contributed by atoms with Crippen molar-refractivity contribution in [3.63, 3.8) is 0 Å². The molecule has 0 bridgehead atoms. The highest BCUT2D eigenvalue weighted by atomic mass is 15.2. The first kappa shape index (κ1) is 9.46. The molecule has 1 saturated heterocycles. The number of aliphatic imine (C=N–C) groups is 1. The zero-order valence-electron chi connectivity index (χ0n) is 9.21. The Bertz CT molecular complexity index is 259. The van der Waals surface area contributed by atoms with E-state index in [2.05, 4.69) is 20.5 Å². The maximum Gasteiger partial charge on any atom is 0.191 e. The van der Waals surface area contributed by atoms with E-state index in [0.717, 1.165) is 37.6 Å². The molecule has 0 radical (unpaired) electrons. The van der Waals surface area contributed by atoms with Crippen molar-refractivity contribution in [1.29, 1.82) is 0 Å². The minimum absolute atomic E-state index is 0.829. The highest BCUT2D eigenvalue weighted by molar-refractivity contribution is 5.81. The van der Waals surface area contributed by atoms with Gasteiger partial charge in [0, 0.05) is 25.7 Å². The second kappa shape index (κ2) is 4.00. The number of rotatable bonds is 3. The maximum absolute atomic E-state index is 4.34. The van der Waals surface area contributed by atoms with Crippen molar-refractivity contribution in [3.8, 4) is 0 Å². The van der Waals surface area contributed by atoms with E-state index in [1.165, 1.54) is 32.4 Å². The molecule has 2 fully saturated rings. The van der Waals surface area contributed by atoms with Crippen LogP contribution in [0, 0.1) is 5.92 Å². The van der Waals surface area contributed by atoms with Crippen LogP contribution in [0.25, 0.3) is 0 Å². The summed E-state index contributed by atoms with van der Waals surface area (Å²) in [7, 11) is 0. The van der Waals surface area contributed by atoms with Crippen LogP contribution in [-0.2, 0) is 0 Å². The maximum atomic E-state index is 4.34. The summed E-state index contributed by atoms with van der Waals surface area (Å²) in [5.74, 6) is 1.84. The highest BCUT2D eigenvalue weighted by Crippen LogP contribution is 2.31. The lowest BCUT2D eigenvalue weighted by Gasteiger charge is -2.15. The Morgan fingerprint density at radius 1 is 1.40 bits per heavy atom. The average Bonchev–Trinajstić information content (AvgIpc) is 2.82. The molecule has 0 aromatic carbocycles. The van der Waals surface area contributed by atoms with Crippen LogP contribution in [0.15, 0.2) is 4.99 Å². The first-order valence-corrected chi connectivity index (χ1v) is 6.18. The van der Waals surface area contributed by atoms with Crippen LogP contribution in [0.4, 0.5) is 0 Å². The van der Waals surface area contributed by atoms with Crippen LogP contribution in [0.1, 0.15) is 19.3 Å². The van der Waals surface area contributed by atoms with Gasteiger partial charge in [0.15, 0.2) is 5.96 Å². The van der Waals surface area contributed by atoms with Crippen LogP contribution in [0.2, 0.25) is 0 Å². The fourth-order valence-electron chi connectivity index (χ4n) is 2.56. The van der Waals surface area contributed by atoms with Gasteiger partial charge in [0.1, 0.15) is 0 Å². The Kier molecular flexibility index (Phi) is 2.52. The molecule has 15 heavy (non-hydrogen) atoms. The first-order chi connectivity index (χ1) is 7.42. The van der Waals surface area contributed by atoms with Crippen molar-refractivity contribution in [2.45, 2.75) is 25.3 Å². The predicted molar refractivity (Wildman–Crippen MR) is 61.0 cm³/mol. The number of hydrogen-bond donors (Lipinski definition) is 2. The Labute approximate surface area is 91.1 Å². The predicted octanol–water partition coefficient (Wildman–Crippen LogP) is 0.0195. The zero-order chi connectivity index (χ0) is 10.1. The van der Waals surface area contributed by atoms with Crippen molar-refractivity contribution in [1.82, 2.24) is 15.5 Å². The van der Waals surface area contributed by atoms with Gasteiger partial charge >= 0.3 is 0 Å². The standard InChI is InChI=1S/C11H20N4/c1-2-10(1)15-6-3-9(8-15)7-14-11-12-4-5-13-11/h9-10H,1-8H2,(H2,12,13,14). The number of nitrogens with zero attached hydrogens (tertiary/aromatic N) is 2. The Hall–Kier alpha value is -0.770. The minimum atomic E-state index is 0.829. The van der Waals surface area contributed by atoms with Gasteiger partial charge in [0.05, 0.1) is 6.54 Å². The highest BCUT2D eigenvalue weighted by Gasteiger charge is 2.34. The van der Waals surface area contributed by atoms with Crippen molar-refractivity contribution in [2.24, 2.45) is 10.9 Å². The molecule has 0 spiro atoms. The molecule has 4 heteroatoms. The van der Waals surface area contributed by atoms with Gasteiger partial charge in [-0.1, -0.05) is 0 Å². The van der Waals surface area contributed by atoms with E-state index in [1.807, 2.05) is 0 Å². The number of likely N-dealkylation sites (tertiary alicyclic amines) is 1. The topological polar surface area (TPSA) is 39.7 Å². The third kappa shape index (κ3) is 2.25. The average molecular weight is 208 g/mol. The van der Waals surface area contributed by atoms with Gasteiger partial charge in [-0.05, 0) is 31.7 Å². The van der Waals surface area contributed by atoms with Crippen LogP contribution in [-0.4, -0.2) is 49.6 Å². The van der Waals surface area contributed by atoms with Gasteiger partial charge in [-0.25, -0.2) is 0 Å². The van der Waals surface area contributed by atoms with Gasteiger partial charge in [-0.3, -0.25) is 4.99 Å². The SMILES string of the molecule is C1CNC(NCC2CCN(C3CC3)C2)=N1. The van der Waals surface area contributed by atoms with E-state index < -0.39 is 0 Å². The lowest BCUT2D eigenvalue weighted by Crippen LogP contribution is -2.37.